The van der Waals surface area contributed by atoms with E-state index in [2.05, 4.69) is 4.98 Å². The molecule has 0 aliphatic heterocycles. The third kappa shape index (κ3) is 2.90. The van der Waals surface area contributed by atoms with Gasteiger partial charge >= 0.3 is 6.18 Å². The number of aromatic nitrogens is 1. The molecule has 0 atom stereocenters. The maximum absolute atomic E-state index is 13.6. The Morgan fingerprint density at radius 2 is 1.75 bits per heavy atom. The monoisotopic (exact) mass is 348 g/mol. The molecule has 0 bridgehead atoms. The van der Waals surface area contributed by atoms with Gasteiger partial charge in [-0.05, 0) is 17.7 Å². The first-order valence-corrected chi connectivity index (χ1v) is 7.77. The van der Waals surface area contributed by atoms with Crippen LogP contribution in [-0.4, -0.2) is 10.9 Å². The molecule has 0 saturated carbocycles. The maximum atomic E-state index is 13.6. The zero-order valence-corrected chi connectivity index (χ0v) is 13.0. The molecule has 2 N–H and O–H groups in total. The number of benzene rings is 2. The van der Waals surface area contributed by atoms with Gasteiger partial charge in [0.2, 0.25) is 5.91 Å². The van der Waals surface area contributed by atoms with E-state index < -0.39 is 17.6 Å². The van der Waals surface area contributed by atoms with Crippen LogP contribution in [0.25, 0.3) is 21.7 Å². The first kappa shape index (κ1) is 16.2. The van der Waals surface area contributed by atoms with E-state index in [1.807, 2.05) is 0 Å². The topological polar surface area (TPSA) is 56.0 Å². The van der Waals surface area contributed by atoms with E-state index in [-0.39, 0.29) is 16.7 Å². The summed E-state index contributed by atoms with van der Waals surface area (Å²) in [4.78, 5) is 15.9. The number of halogens is 3. The number of rotatable bonds is 3. The summed E-state index contributed by atoms with van der Waals surface area (Å²) in [5, 5.41) is 1.95. The number of carbonyl (C=O) groups excluding carboxylic acids is 1. The van der Waals surface area contributed by atoms with Gasteiger partial charge in [0, 0.05) is 28.3 Å². The van der Waals surface area contributed by atoms with E-state index in [1.165, 1.54) is 6.20 Å². The number of amides is 1. The predicted molar refractivity (Wildman–Crippen MR) is 86.5 cm³/mol. The number of hydrogen-bond acceptors (Lipinski definition) is 3. The normalized spacial score (nSPS) is 11.5. The second-order valence-corrected chi connectivity index (χ2v) is 5.87. The summed E-state index contributed by atoms with van der Waals surface area (Å²) < 4.78 is 40.7. The van der Waals surface area contributed by atoms with Crippen LogP contribution in [0.5, 0.6) is 0 Å². The second-order valence-electron chi connectivity index (χ2n) is 4.98. The van der Waals surface area contributed by atoms with Crippen LogP contribution in [0.4, 0.5) is 13.2 Å². The average Bonchev–Trinajstić information content (AvgIpc) is 3.07. The summed E-state index contributed by atoms with van der Waals surface area (Å²) in [6.45, 7) is 0. The first-order valence-electron chi connectivity index (χ1n) is 6.89. The molecule has 0 spiro atoms. The van der Waals surface area contributed by atoms with Gasteiger partial charge < -0.3 is 5.73 Å². The first-order chi connectivity index (χ1) is 11.4. The third-order valence-corrected chi connectivity index (χ3v) is 4.28. The fourth-order valence-electron chi connectivity index (χ4n) is 2.52. The second kappa shape index (κ2) is 6.09. The van der Waals surface area contributed by atoms with Crippen LogP contribution in [0.1, 0.15) is 15.9 Å². The molecule has 3 nitrogen and oxygen atoms in total. The van der Waals surface area contributed by atoms with Crippen molar-refractivity contribution in [3.05, 3.63) is 65.2 Å². The minimum Gasteiger partial charge on any atom is -0.366 e. The summed E-state index contributed by atoms with van der Waals surface area (Å²) in [5.74, 6) is -0.800. The van der Waals surface area contributed by atoms with E-state index in [1.54, 1.807) is 35.7 Å². The molecule has 0 fully saturated rings. The van der Waals surface area contributed by atoms with Gasteiger partial charge in [-0.3, -0.25) is 4.79 Å². The van der Waals surface area contributed by atoms with Crippen LogP contribution in [0, 0.1) is 0 Å². The molecule has 2 aromatic carbocycles. The lowest BCUT2D eigenvalue weighted by Gasteiger charge is -2.18. The van der Waals surface area contributed by atoms with Crippen molar-refractivity contribution in [2.45, 2.75) is 6.18 Å². The number of hydrogen-bond donors (Lipinski definition) is 1. The van der Waals surface area contributed by atoms with Gasteiger partial charge in [0.05, 0.1) is 5.56 Å². The summed E-state index contributed by atoms with van der Waals surface area (Å²) in [7, 11) is 0. The van der Waals surface area contributed by atoms with Crippen molar-refractivity contribution < 1.29 is 18.0 Å². The van der Waals surface area contributed by atoms with Gasteiger partial charge in [0.25, 0.3) is 0 Å². The Balaban J connectivity index is 2.45. The number of nitrogens with two attached hydrogens (primary N) is 1. The maximum Gasteiger partial charge on any atom is 0.417 e. The lowest BCUT2D eigenvalue weighted by Crippen LogP contribution is -2.16. The predicted octanol–water partition coefficient (Wildman–Crippen LogP) is 4.59. The summed E-state index contributed by atoms with van der Waals surface area (Å²) >= 11 is 1.15. The highest BCUT2D eigenvalue weighted by Gasteiger charge is 2.36. The molecule has 3 rings (SSSR count). The van der Waals surface area contributed by atoms with E-state index in [0.717, 1.165) is 23.5 Å². The number of alkyl halides is 3. The zero-order valence-electron chi connectivity index (χ0n) is 12.2. The zero-order chi connectivity index (χ0) is 17.3. The van der Waals surface area contributed by atoms with Crippen molar-refractivity contribution in [2.75, 3.05) is 0 Å². The van der Waals surface area contributed by atoms with Crippen molar-refractivity contribution in [1.29, 1.82) is 0 Å². The largest absolute Gasteiger partial charge is 0.417 e. The molecular formula is C17H11F3N2OS. The molecule has 1 aromatic heterocycles. The molecule has 0 unspecified atom stereocenters. The van der Waals surface area contributed by atoms with Crippen LogP contribution in [0.3, 0.4) is 0 Å². The number of primary amides is 1. The Morgan fingerprint density at radius 1 is 1.04 bits per heavy atom. The molecule has 1 heterocycles. The van der Waals surface area contributed by atoms with E-state index in [4.69, 9.17) is 5.73 Å². The van der Waals surface area contributed by atoms with Crippen LogP contribution in [-0.2, 0) is 6.18 Å². The quantitative estimate of drug-likeness (QED) is 0.752. The van der Waals surface area contributed by atoms with Gasteiger partial charge in [0.1, 0.15) is 5.01 Å². The van der Waals surface area contributed by atoms with Crippen molar-refractivity contribution in [3.8, 4) is 21.7 Å². The fourth-order valence-corrected chi connectivity index (χ4v) is 3.22. The van der Waals surface area contributed by atoms with Crippen molar-refractivity contribution in [3.63, 3.8) is 0 Å². The molecule has 24 heavy (non-hydrogen) atoms. The summed E-state index contributed by atoms with van der Waals surface area (Å²) in [6.07, 6.45) is -3.10. The Labute approximate surface area is 139 Å². The van der Waals surface area contributed by atoms with Gasteiger partial charge in [-0.25, -0.2) is 4.98 Å². The van der Waals surface area contributed by atoms with Crippen molar-refractivity contribution in [1.82, 2.24) is 4.98 Å². The average molecular weight is 348 g/mol. The van der Waals surface area contributed by atoms with Crippen LogP contribution in [0.15, 0.2) is 54.0 Å². The third-order valence-electron chi connectivity index (χ3n) is 3.48. The smallest absolute Gasteiger partial charge is 0.366 e. The van der Waals surface area contributed by atoms with Crippen molar-refractivity contribution >= 4 is 17.2 Å². The van der Waals surface area contributed by atoms with E-state index in [0.29, 0.717) is 10.6 Å². The molecule has 0 aliphatic rings. The SMILES string of the molecule is NC(=O)c1ccc(C(F)(F)F)c(-c2ccccc2)c1-c1nccs1. The summed E-state index contributed by atoms with van der Waals surface area (Å²) in [6, 6.07) is 10.1. The van der Waals surface area contributed by atoms with Gasteiger partial charge in [-0.2, -0.15) is 13.2 Å². The Morgan fingerprint density at radius 3 is 2.29 bits per heavy atom. The van der Waals surface area contributed by atoms with Gasteiger partial charge in [-0.1, -0.05) is 30.3 Å². The molecule has 7 heteroatoms. The van der Waals surface area contributed by atoms with Gasteiger partial charge in [-0.15, -0.1) is 11.3 Å². The standard InChI is InChI=1S/C17H11F3N2OS/c18-17(19,20)12-7-6-11(15(21)23)14(16-22-8-9-24-16)13(12)10-4-2-1-3-5-10/h1-9H,(H2,21,23). The summed E-state index contributed by atoms with van der Waals surface area (Å²) in [5.41, 5.74) is 4.93. The molecule has 0 saturated heterocycles. The highest BCUT2D eigenvalue weighted by Crippen LogP contribution is 2.44. The Hall–Kier alpha value is -2.67. The van der Waals surface area contributed by atoms with Crippen LogP contribution < -0.4 is 5.73 Å². The van der Waals surface area contributed by atoms with E-state index in [9.17, 15) is 18.0 Å². The molecule has 0 radical (unpaired) electrons. The molecular weight excluding hydrogens is 337 g/mol. The molecule has 3 aromatic rings. The number of nitrogens with zero attached hydrogens (tertiary/aromatic N) is 1. The minimum atomic E-state index is -4.58. The Bertz CT molecular complexity index is 875. The number of carbonyl (C=O) groups is 1. The lowest BCUT2D eigenvalue weighted by molar-refractivity contribution is -0.137. The van der Waals surface area contributed by atoms with Gasteiger partial charge in [0.15, 0.2) is 0 Å². The molecule has 1 amide bonds. The van der Waals surface area contributed by atoms with Crippen molar-refractivity contribution in [2.24, 2.45) is 5.73 Å². The number of thiazole rings is 1. The fraction of sp³-hybridized carbons (Fsp3) is 0.0588. The molecule has 0 aliphatic carbocycles. The minimum absolute atomic E-state index is 0.0109. The molecule has 122 valence electrons. The van der Waals surface area contributed by atoms with Crippen LogP contribution >= 0.6 is 11.3 Å². The van der Waals surface area contributed by atoms with Crippen LogP contribution in [0.2, 0.25) is 0 Å². The lowest BCUT2D eigenvalue weighted by atomic mass is 9.90. The Kier molecular flexibility index (Phi) is 4.11. The highest BCUT2D eigenvalue weighted by molar-refractivity contribution is 7.13. The highest BCUT2D eigenvalue weighted by atomic mass is 32.1. The van der Waals surface area contributed by atoms with E-state index >= 15 is 0 Å².